The quantitative estimate of drug-likeness (QED) is 0.667. The minimum absolute atomic E-state index is 0.0181. The molecule has 0 saturated heterocycles. The van der Waals surface area contributed by atoms with Gasteiger partial charge in [-0.2, -0.15) is 0 Å². The van der Waals surface area contributed by atoms with Crippen LogP contribution in [0.4, 0.5) is 10.1 Å². The van der Waals surface area contributed by atoms with Crippen molar-refractivity contribution >= 4 is 23.0 Å². The highest BCUT2D eigenvalue weighted by molar-refractivity contribution is 6.06. The number of amides is 2. The number of halogens is 1. The number of carbonyl (C=O) groups is 2. The molecular weight excluding hydrogens is 335 g/mol. The second kappa shape index (κ2) is 7.77. The lowest BCUT2D eigenvalue weighted by Crippen LogP contribution is -2.25. The Bertz CT molecular complexity index is 952. The number of fused-ring (bicyclic) bond motifs is 1. The van der Waals surface area contributed by atoms with Crippen molar-refractivity contribution in [1.29, 1.82) is 0 Å². The van der Waals surface area contributed by atoms with Crippen molar-refractivity contribution in [2.75, 3.05) is 11.9 Å². The Morgan fingerprint density at radius 1 is 1.12 bits per heavy atom. The summed E-state index contributed by atoms with van der Waals surface area (Å²) in [6, 6.07) is 11.1. The van der Waals surface area contributed by atoms with Crippen LogP contribution in [0, 0.1) is 5.82 Å². The smallest absolute Gasteiger partial charge is 0.292 e. The van der Waals surface area contributed by atoms with Crippen molar-refractivity contribution in [3.63, 3.8) is 0 Å². The second-order valence-corrected chi connectivity index (χ2v) is 5.78. The second-order valence-electron chi connectivity index (χ2n) is 5.78. The summed E-state index contributed by atoms with van der Waals surface area (Å²) < 4.78 is 15.3. The normalized spacial score (nSPS) is 10.7. The lowest BCUT2D eigenvalue weighted by atomic mass is 10.3. The summed E-state index contributed by atoms with van der Waals surface area (Å²) in [5, 5.41) is 5.29. The highest BCUT2D eigenvalue weighted by Gasteiger charge is 2.21. The summed E-state index contributed by atoms with van der Waals surface area (Å²) >= 11 is 0. The first-order valence-electron chi connectivity index (χ1n) is 8.43. The van der Waals surface area contributed by atoms with Crippen molar-refractivity contribution < 1.29 is 14.0 Å². The minimum atomic E-state index is -0.594. The average Bonchev–Trinajstić information content (AvgIpc) is 3.04. The Kier molecular flexibility index (Phi) is 5.26. The van der Waals surface area contributed by atoms with Gasteiger partial charge in [-0.05, 0) is 30.7 Å². The molecule has 1 aromatic carbocycles. The van der Waals surface area contributed by atoms with Gasteiger partial charge in [0.25, 0.3) is 11.8 Å². The Morgan fingerprint density at radius 3 is 2.65 bits per heavy atom. The first kappa shape index (κ1) is 17.6. The fourth-order valence-electron chi connectivity index (χ4n) is 2.57. The van der Waals surface area contributed by atoms with Crippen LogP contribution in [0.1, 0.15) is 40.9 Å². The van der Waals surface area contributed by atoms with Crippen molar-refractivity contribution in [1.82, 2.24) is 14.7 Å². The van der Waals surface area contributed by atoms with Crippen LogP contribution >= 0.6 is 0 Å². The number of carbonyl (C=O) groups excluding carboxylic acids is 2. The van der Waals surface area contributed by atoms with Crippen LogP contribution in [0.25, 0.3) is 5.52 Å². The van der Waals surface area contributed by atoms with Crippen LogP contribution in [-0.4, -0.2) is 27.7 Å². The number of unbranched alkanes of at least 4 members (excludes halogenated alkanes) is 1. The van der Waals surface area contributed by atoms with E-state index in [0.717, 1.165) is 12.8 Å². The summed E-state index contributed by atoms with van der Waals surface area (Å²) in [6.07, 6.45) is 3.46. The molecule has 2 N–H and O–H groups in total. The summed E-state index contributed by atoms with van der Waals surface area (Å²) in [7, 11) is 0. The van der Waals surface area contributed by atoms with E-state index in [4.69, 9.17) is 0 Å². The van der Waals surface area contributed by atoms with Crippen molar-refractivity contribution in [2.45, 2.75) is 19.8 Å². The number of para-hydroxylation sites is 1. The topological polar surface area (TPSA) is 75.5 Å². The molecule has 0 aliphatic heterocycles. The summed E-state index contributed by atoms with van der Waals surface area (Å²) in [6.45, 7) is 2.57. The van der Waals surface area contributed by atoms with Crippen LogP contribution in [0.15, 0.2) is 48.7 Å². The number of imidazole rings is 1. The number of nitrogens with zero attached hydrogens (tertiary/aromatic N) is 2. The van der Waals surface area contributed by atoms with Crippen LogP contribution < -0.4 is 10.6 Å². The van der Waals surface area contributed by atoms with Gasteiger partial charge in [-0.25, -0.2) is 9.37 Å². The van der Waals surface area contributed by atoms with Gasteiger partial charge < -0.3 is 10.6 Å². The van der Waals surface area contributed by atoms with E-state index in [9.17, 15) is 14.0 Å². The van der Waals surface area contributed by atoms with E-state index in [1.165, 1.54) is 22.6 Å². The van der Waals surface area contributed by atoms with Gasteiger partial charge >= 0.3 is 0 Å². The number of rotatable bonds is 6. The highest BCUT2D eigenvalue weighted by atomic mass is 19.1. The van der Waals surface area contributed by atoms with Crippen LogP contribution in [0.2, 0.25) is 0 Å². The molecule has 0 radical (unpaired) electrons. The summed E-state index contributed by atoms with van der Waals surface area (Å²) in [5.41, 5.74) is 0.736. The zero-order chi connectivity index (χ0) is 18.5. The molecule has 0 bridgehead atoms. The predicted octanol–water partition coefficient (Wildman–Crippen LogP) is 3.26. The SMILES string of the molecule is CCCCNC(=O)c1nc(C(=O)Nc2ccccc2F)n2ccccc12. The van der Waals surface area contributed by atoms with Gasteiger partial charge in [0.1, 0.15) is 5.82 Å². The zero-order valence-corrected chi connectivity index (χ0v) is 14.3. The number of hydrogen-bond acceptors (Lipinski definition) is 3. The molecule has 0 spiro atoms. The summed E-state index contributed by atoms with van der Waals surface area (Å²) in [5.74, 6) is -1.46. The van der Waals surface area contributed by atoms with Crippen LogP contribution in [0.5, 0.6) is 0 Å². The molecule has 3 rings (SSSR count). The van der Waals surface area contributed by atoms with E-state index in [1.54, 1.807) is 30.5 Å². The molecule has 7 heteroatoms. The Hall–Kier alpha value is -3.22. The monoisotopic (exact) mass is 354 g/mol. The fourth-order valence-corrected chi connectivity index (χ4v) is 2.57. The third-order valence-electron chi connectivity index (χ3n) is 3.90. The molecule has 3 aromatic rings. The maximum Gasteiger partial charge on any atom is 0.292 e. The molecule has 0 aliphatic carbocycles. The molecule has 0 unspecified atom stereocenters. The van der Waals surface area contributed by atoms with Gasteiger partial charge in [-0.15, -0.1) is 0 Å². The number of benzene rings is 1. The van der Waals surface area contributed by atoms with Crippen LogP contribution in [-0.2, 0) is 0 Å². The van der Waals surface area contributed by atoms with Crippen molar-refractivity contribution in [2.24, 2.45) is 0 Å². The maximum absolute atomic E-state index is 13.8. The van der Waals surface area contributed by atoms with Gasteiger partial charge in [0, 0.05) is 12.7 Å². The third kappa shape index (κ3) is 3.56. The molecule has 134 valence electrons. The Labute approximate surface area is 150 Å². The summed E-state index contributed by atoms with van der Waals surface area (Å²) in [4.78, 5) is 29.2. The molecule has 0 aliphatic rings. The van der Waals surface area contributed by atoms with E-state index < -0.39 is 11.7 Å². The van der Waals surface area contributed by atoms with E-state index >= 15 is 0 Å². The predicted molar refractivity (Wildman–Crippen MR) is 96.8 cm³/mol. The highest BCUT2D eigenvalue weighted by Crippen LogP contribution is 2.17. The largest absolute Gasteiger partial charge is 0.351 e. The molecule has 2 aromatic heterocycles. The molecule has 0 fully saturated rings. The molecule has 26 heavy (non-hydrogen) atoms. The van der Waals surface area contributed by atoms with Gasteiger partial charge in [-0.1, -0.05) is 31.5 Å². The average molecular weight is 354 g/mol. The Morgan fingerprint density at radius 2 is 1.88 bits per heavy atom. The van der Waals surface area contributed by atoms with Gasteiger partial charge in [0.15, 0.2) is 5.69 Å². The zero-order valence-electron chi connectivity index (χ0n) is 14.3. The molecular formula is C19H19FN4O2. The van der Waals surface area contributed by atoms with Gasteiger partial charge in [0.05, 0.1) is 11.2 Å². The van der Waals surface area contributed by atoms with E-state index in [2.05, 4.69) is 15.6 Å². The maximum atomic E-state index is 13.8. The minimum Gasteiger partial charge on any atom is -0.351 e. The van der Waals surface area contributed by atoms with Gasteiger partial charge in [0.2, 0.25) is 5.82 Å². The lowest BCUT2D eigenvalue weighted by Gasteiger charge is -2.05. The number of nitrogens with one attached hydrogen (secondary N) is 2. The number of aromatic nitrogens is 2. The molecule has 6 nitrogen and oxygen atoms in total. The third-order valence-corrected chi connectivity index (χ3v) is 3.90. The fraction of sp³-hybridized carbons (Fsp3) is 0.211. The van der Waals surface area contributed by atoms with Crippen molar-refractivity contribution in [3.8, 4) is 0 Å². The number of hydrogen-bond donors (Lipinski definition) is 2. The Balaban J connectivity index is 1.92. The van der Waals surface area contributed by atoms with Gasteiger partial charge in [-0.3, -0.25) is 14.0 Å². The van der Waals surface area contributed by atoms with E-state index in [1.807, 2.05) is 6.92 Å². The first-order valence-corrected chi connectivity index (χ1v) is 8.43. The van der Waals surface area contributed by atoms with E-state index in [0.29, 0.717) is 12.1 Å². The standard InChI is InChI=1S/C19H19FN4O2/c1-2-3-11-21-18(25)16-15-10-6-7-12-24(15)17(23-16)19(26)22-14-9-5-4-8-13(14)20/h4-10,12H,2-3,11H2,1H3,(H,21,25)(H,22,26). The molecule has 0 saturated carbocycles. The van der Waals surface area contributed by atoms with E-state index in [-0.39, 0.29) is 23.1 Å². The van der Waals surface area contributed by atoms with Crippen molar-refractivity contribution in [3.05, 3.63) is 66.0 Å². The molecule has 2 amide bonds. The lowest BCUT2D eigenvalue weighted by molar-refractivity contribution is 0.0950. The number of anilines is 1. The molecule has 0 atom stereocenters. The molecule has 2 heterocycles. The number of pyridine rings is 1. The van der Waals surface area contributed by atoms with Crippen LogP contribution in [0.3, 0.4) is 0 Å². The first-order chi connectivity index (χ1) is 12.6.